The van der Waals surface area contributed by atoms with Crippen molar-refractivity contribution in [3.8, 4) is 11.5 Å². The Hall–Kier alpha value is -2.62. The predicted octanol–water partition coefficient (Wildman–Crippen LogP) is 4.43. The molecule has 0 heterocycles. The lowest BCUT2D eigenvalue weighted by atomic mass is 9.83. The molecular weight excluding hydrogens is 328 g/mol. The Morgan fingerprint density at radius 2 is 1.08 bits per heavy atom. The average Bonchev–Trinajstić information content (AvgIpc) is 3.08. The number of carbonyl (C=O) groups excluding carboxylic acids is 2. The number of carbonyl (C=O) groups is 2. The van der Waals surface area contributed by atoms with Crippen LogP contribution in [0.15, 0.2) is 48.5 Å². The third-order valence-electron chi connectivity index (χ3n) is 5.48. The highest BCUT2D eigenvalue weighted by Gasteiger charge is 2.41. The molecule has 1 aliphatic carbocycles. The summed E-state index contributed by atoms with van der Waals surface area (Å²) in [7, 11) is 3.20. The van der Waals surface area contributed by atoms with Crippen LogP contribution >= 0.6 is 0 Å². The zero-order chi connectivity index (χ0) is 18.7. The summed E-state index contributed by atoms with van der Waals surface area (Å²) in [6, 6.07) is 14.4. The highest BCUT2D eigenvalue weighted by Crippen LogP contribution is 2.40. The van der Waals surface area contributed by atoms with E-state index in [0.29, 0.717) is 11.1 Å². The maximum absolute atomic E-state index is 12.9. The fourth-order valence-corrected chi connectivity index (χ4v) is 3.84. The number of benzene rings is 2. The summed E-state index contributed by atoms with van der Waals surface area (Å²) in [5.41, 5.74) is 1.36. The zero-order valence-corrected chi connectivity index (χ0v) is 15.4. The molecule has 0 saturated heterocycles. The third-order valence-corrected chi connectivity index (χ3v) is 5.48. The summed E-state index contributed by atoms with van der Waals surface area (Å²) in [5.74, 6) is 1.49. The fraction of sp³-hybridized carbons (Fsp3) is 0.364. The van der Waals surface area contributed by atoms with Crippen LogP contribution in [0, 0.1) is 17.8 Å². The Balaban J connectivity index is 1.72. The highest BCUT2D eigenvalue weighted by atomic mass is 16.5. The van der Waals surface area contributed by atoms with Gasteiger partial charge in [-0.15, -0.1) is 0 Å². The van der Waals surface area contributed by atoms with Crippen molar-refractivity contribution < 1.29 is 19.1 Å². The Morgan fingerprint density at radius 3 is 1.38 bits per heavy atom. The average molecular weight is 352 g/mol. The van der Waals surface area contributed by atoms with Gasteiger partial charge in [0.25, 0.3) is 0 Å². The van der Waals surface area contributed by atoms with Gasteiger partial charge in [0.05, 0.1) is 14.2 Å². The Labute approximate surface area is 154 Å². The first-order valence-electron chi connectivity index (χ1n) is 8.91. The normalized spacial score (nSPS) is 20.0. The van der Waals surface area contributed by atoms with Gasteiger partial charge in [0, 0.05) is 23.0 Å². The van der Waals surface area contributed by atoms with Crippen molar-refractivity contribution in [2.75, 3.05) is 14.2 Å². The summed E-state index contributed by atoms with van der Waals surface area (Å²) in [4.78, 5) is 25.8. The second-order valence-corrected chi connectivity index (χ2v) is 6.83. The van der Waals surface area contributed by atoms with Crippen molar-refractivity contribution >= 4 is 11.6 Å². The number of ether oxygens (including phenoxy) is 2. The number of methoxy groups -OCH3 is 2. The minimum absolute atomic E-state index is 0.0270. The van der Waals surface area contributed by atoms with Gasteiger partial charge in [-0.3, -0.25) is 9.59 Å². The van der Waals surface area contributed by atoms with Gasteiger partial charge in [-0.25, -0.2) is 0 Å². The van der Waals surface area contributed by atoms with E-state index in [9.17, 15) is 9.59 Å². The molecule has 4 nitrogen and oxygen atoms in total. The zero-order valence-electron chi connectivity index (χ0n) is 15.4. The molecule has 1 fully saturated rings. The smallest absolute Gasteiger partial charge is 0.166 e. The molecule has 0 aliphatic heterocycles. The maximum Gasteiger partial charge on any atom is 0.166 e. The molecule has 2 aromatic rings. The maximum atomic E-state index is 12.9. The summed E-state index contributed by atoms with van der Waals surface area (Å²) < 4.78 is 10.3. The highest BCUT2D eigenvalue weighted by molar-refractivity contribution is 6.01. The molecule has 2 atom stereocenters. The molecule has 26 heavy (non-hydrogen) atoms. The molecule has 0 spiro atoms. The van der Waals surface area contributed by atoms with Crippen LogP contribution in [0.3, 0.4) is 0 Å². The topological polar surface area (TPSA) is 52.6 Å². The van der Waals surface area contributed by atoms with Crippen molar-refractivity contribution in [2.24, 2.45) is 17.8 Å². The lowest BCUT2D eigenvalue weighted by Crippen LogP contribution is -2.24. The van der Waals surface area contributed by atoms with E-state index in [0.717, 1.165) is 24.3 Å². The van der Waals surface area contributed by atoms with Crippen LogP contribution in [0.25, 0.3) is 0 Å². The number of Topliss-reactive ketones (excluding diaryl/α,β-unsaturated/α-hetero) is 2. The van der Waals surface area contributed by atoms with E-state index < -0.39 is 0 Å². The number of ketones is 2. The summed E-state index contributed by atoms with van der Waals surface area (Å²) in [6.07, 6.45) is 1.50. The largest absolute Gasteiger partial charge is 0.497 e. The molecular formula is C22H24O4. The summed E-state index contributed by atoms with van der Waals surface area (Å²) >= 11 is 0. The van der Waals surface area contributed by atoms with E-state index in [4.69, 9.17) is 9.47 Å². The third kappa shape index (κ3) is 3.50. The molecule has 1 aliphatic rings. The van der Waals surface area contributed by atoms with Crippen LogP contribution in [0.5, 0.6) is 11.5 Å². The first-order chi connectivity index (χ1) is 12.5. The van der Waals surface area contributed by atoms with Gasteiger partial charge in [0.2, 0.25) is 0 Å². The standard InChI is InChI=1S/C22H24O4/c1-14-19(21(23)15-4-8-17(25-2)9-5-15)12-13-20(14)22(24)16-6-10-18(26-3)11-7-16/h4-11,14,19-20H,12-13H2,1-3H3/t19-,20-/m1/s1. The first-order valence-corrected chi connectivity index (χ1v) is 8.91. The van der Waals surface area contributed by atoms with Crippen molar-refractivity contribution in [1.29, 1.82) is 0 Å². The van der Waals surface area contributed by atoms with E-state index in [-0.39, 0.29) is 29.3 Å². The molecule has 136 valence electrons. The van der Waals surface area contributed by atoms with Gasteiger partial charge < -0.3 is 9.47 Å². The van der Waals surface area contributed by atoms with Gasteiger partial charge in [-0.1, -0.05) is 6.92 Å². The quantitative estimate of drug-likeness (QED) is 0.722. The molecule has 4 heteroatoms. The molecule has 1 saturated carbocycles. The second-order valence-electron chi connectivity index (χ2n) is 6.83. The Morgan fingerprint density at radius 1 is 0.731 bits per heavy atom. The lowest BCUT2D eigenvalue weighted by molar-refractivity contribution is 0.0842. The summed E-state index contributed by atoms with van der Waals surface area (Å²) in [6.45, 7) is 2.02. The first kappa shape index (κ1) is 18.2. The minimum Gasteiger partial charge on any atom is -0.497 e. The molecule has 0 amide bonds. The molecule has 0 N–H and O–H groups in total. The summed E-state index contributed by atoms with van der Waals surface area (Å²) in [5, 5.41) is 0. The molecule has 2 aromatic carbocycles. The van der Waals surface area contributed by atoms with E-state index >= 15 is 0 Å². The van der Waals surface area contributed by atoms with E-state index in [2.05, 4.69) is 0 Å². The van der Waals surface area contributed by atoms with Gasteiger partial charge in [-0.05, 0) is 67.3 Å². The van der Waals surface area contributed by atoms with Crippen LogP contribution in [0.1, 0.15) is 40.5 Å². The molecule has 0 radical (unpaired) electrons. The molecule has 0 aromatic heterocycles. The van der Waals surface area contributed by atoms with E-state index in [1.54, 1.807) is 62.8 Å². The molecule has 3 rings (SSSR count). The van der Waals surface area contributed by atoms with Gasteiger partial charge >= 0.3 is 0 Å². The van der Waals surface area contributed by atoms with Crippen LogP contribution in [-0.2, 0) is 0 Å². The fourth-order valence-electron chi connectivity index (χ4n) is 3.84. The number of rotatable bonds is 6. The molecule has 0 bridgehead atoms. The van der Waals surface area contributed by atoms with Gasteiger partial charge in [0.1, 0.15) is 11.5 Å². The molecule has 0 unspecified atom stereocenters. The van der Waals surface area contributed by atoms with E-state index in [1.165, 1.54) is 0 Å². The number of hydrogen-bond donors (Lipinski definition) is 0. The number of hydrogen-bond acceptors (Lipinski definition) is 4. The monoisotopic (exact) mass is 352 g/mol. The second kappa shape index (κ2) is 7.73. The van der Waals surface area contributed by atoms with Crippen LogP contribution < -0.4 is 9.47 Å². The van der Waals surface area contributed by atoms with Crippen molar-refractivity contribution in [2.45, 2.75) is 19.8 Å². The van der Waals surface area contributed by atoms with Crippen molar-refractivity contribution in [3.05, 3.63) is 59.7 Å². The SMILES string of the molecule is COc1ccc(C(=O)[C@@H]2CC[C@@H](C(=O)c3ccc(OC)cc3)C2C)cc1. The van der Waals surface area contributed by atoms with Gasteiger partial charge in [-0.2, -0.15) is 0 Å². The predicted molar refractivity (Wildman–Crippen MR) is 100 cm³/mol. The lowest BCUT2D eigenvalue weighted by Gasteiger charge is -2.19. The van der Waals surface area contributed by atoms with Crippen molar-refractivity contribution in [3.63, 3.8) is 0 Å². The van der Waals surface area contributed by atoms with Crippen molar-refractivity contribution in [1.82, 2.24) is 0 Å². The van der Waals surface area contributed by atoms with Crippen LogP contribution in [-0.4, -0.2) is 25.8 Å². The minimum atomic E-state index is -0.115. The Bertz CT molecular complexity index is 709. The Kier molecular flexibility index (Phi) is 5.40. The van der Waals surface area contributed by atoms with Crippen LogP contribution in [0.4, 0.5) is 0 Å². The van der Waals surface area contributed by atoms with Crippen LogP contribution in [0.2, 0.25) is 0 Å². The van der Waals surface area contributed by atoms with Gasteiger partial charge in [0.15, 0.2) is 11.6 Å². The van der Waals surface area contributed by atoms with E-state index in [1.807, 2.05) is 6.92 Å².